The van der Waals surface area contributed by atoms with E-state index in [4.69, 9.17) is 9.47 Å². The number of rotatable bonds is 6. The van der Waals surface area contributed by atoms with Gasteiger partial charge in [-0.2, -0.15) is 0 Å². The van der Waals surface area contributed by atoms with E-state index in [-0.39, 0.29) is 12.1 Å². The zero-order valence-electron chi connectivity index (χ0n) is 15.1. The summed E-state index contributed by atoms with van der Waals surface area (Å²) < 4.78 is 11.1. The van der Waals surface area contributed by atoms with E-state index in [1.54, 1.807) is 19.5 Å². The molecule has 1 aliphatic rings. The highest BCUT2D eigenvalue weighted by Gasteiger charge is 2.23. The van der Waals surface area contributed by atoms with Gasteiger partial charge in [0.2, 0.25) is 0 Å². The van der Waals surface area contributed by atoms with Gasteiger partial charge in [-0.05, 0) is 36.2 Å². The predicted molar refractivity (Wildman–Crippen MR) is 99.6 cm³/mol. The largest absolute Gasteiger partial charge is 0.497 e. The van der Waals surface area contributed by atoms with Gasteiger partial charge in [0, 0.05) is 44.9 Å². The van der Waals surface area contributed by atoms with Crippen LogP contribution in [0, 0.1) is 0 Å². The number of hydrogen-bond acceptors (Lipinski definition) is 4. The Labute approximate surface area is 154 Å². The van der Waals surface area contributed by atoms with Crippen molar-refractivity contribution >= 4 is 6.03 Å². The minimum absolute atomic E-state index is 0.000808. The Morgan fingerprint density at radius 2 is 1.81 bits per heavy atom. The van der Waals surface area contributed by atoms with Crippen LogP contribution in [-0.4, -0.2) is 48.8 Å². The SMILES string of the molecule is COc1ccc(CCNC(=O)N2CCC(Oc3ccncc3)CC2)cc1. The number of amides is 2. The van der Waals surface area contributed by atoms with Crippen molar-refractivity contribution < 1.29 is 14.3 Å². The number of benzene rings is 1. The number of aromatic nitrogens is 1. The number of nitrogens with one attached hydrogen (secondary N) is 1. The standard InChI is InChI=1S/C20H25N3O3/c1-25-17-4-2-16(3-5-17)6-13-22-20(24)23-14-9-19(10-15-23)26-18-7-11-21-12-8-18/h2-5,7-8,11-12,19H,6,9-10,13-15H2,1H3,(H,22,24). The molecule has 6 heteroatoms. The summed E-state index contributed by atoms with van der Waals surface area (Å²) in [4.78, 5) is 18.1. The highest BCUT2D eigenvalue weighted by Crippen LogP contribution is 2.18. The lowest BCUT2D eigenvalue weighted by Crippen LogP contribution is -2.46. The molecule has 2 heterocycles. The van der Waals surface area contributed by atoms with Crippen molar-refractivity contribution in [2.45, 2.75) is 25.4 Å². The van der Waals surface area contributed by atoms with Gasteiger partial charge in [0.1, 0.15) is 17.6 Å². The van der Waals surface area contributed by atoms with E-state index in [0.717, 1.165) is 30.8 Å². The second-order valence-electron chi connectivity index (χ2n) is 6.32. The lowest BCUT2D eigenvalue weighted by atomic mass is 10.1. The molecule has 26 heavy (non-hydrogen) atoms. The third kappa shape index (κ3) is 5.12. The second kappa shape index (κ2) is 9.08. The number of ether oxygens (including phenoxy) is 2. The molecule has 3 rings (SSSR count). The molecule has 0 radical (unpaired) electrons. The molecule has 0 unspecified atom stereocenters. The fraction of sp³-hybridized carbons (Fsp3) is 0.400. The van der Waals surface area contributed by atoms with Crippen molar-refractivity contribution in [3.8, 4) is 11.5 Å². The van der Waals surface area contributed by atoms with E-state index < -0.39 is 0 Å². The third-order valence-electron chi connectivity index (χ3n) is 4.53. The Balaban J connectivity index is 1.36. The summed E-state index contributed by atoms with van der Waals surface area (Å²) in [5.74, 6) is 1.68. The first kappa shape index (κ1) is 18.0. The molecule has 1 aromatic heterocycles. The van der Waals surface area contributed by atoms with E-state index in [0.29, 0.717) is 19.6 Å². The normalized spacial score (nSPS) is 14.7. The molecule has 0 aliphatic carbocycles. The van der Waals surface area contributed by atoms with E-state index in [1.165, 1.54) is 5.56 Å². The van der Waals surface area contributed by atoms with Gasteiger partial charge in [0.05, 0.1) is 7.11 Å². The van der Waals surface area contributed by atoms with Crippen LogP contribution >= 0.6 is 0 Å². The van der Waals surface area contributed by atoms with Crippen LogP contribution in [0.2, 0.25) is 0 Å². The average molecular weight is 355 g/mol. The number of piperidine rings is 1. The zero-order valence-corrected chi connectivity index (χ0v) is 15.1. The summed E-state index contributed by atoms with van der Waals surface area (Å²) in [7, 11) is 1.65. The number of carbonyl (C=O) groups excluding carboxylic acids is 1. The van der Waals surface area contributed by atoms with Crippen LogP contribution < -0.4 is 14.8 Å². The number of hydrogen-bond donors (Lipinski definition) is 1. The fourth-order valence-corrected chi connectivity index (χ4v) is 3.00. The van der Waals surface area contributed by atoms with E-state index >= 15 is 0 Å². The quantitative estimate of drug-likeness (QED) is 0.865. The molecule has 0 saturated carbocycles. The van der Waals surface area contributed by atoms with Gasteiger partial charge in [-0.15, -0.1) is 0 Å². The average Bonchev–Trinajstić information content (AvgIpc) is 2.70. The molecule has 1 aliphatic heterocycles. The summed E-state index contributed by atoms with van der Waals surface area (Å²) >= 11 is 0. The Morgan fingerprint density at radius 3 is 2.46 bits per heavy atom. The van der Waals surface area contributed by atoms with Crippen LogP contribution in [0.15, 0.2) is 48.8 Å². The van der Waals surface area contributed by atoms with Gasteiger partial charge >= 0.3 is 6.03 Å². The maximum atomic E-state index is 12.3. The van der Waals surface area contributed by atoms with Crippen LogP contribution in [0.3, 0.4) is 0 Å². The van der Waals surface area contributed by atoms with Gasteiger partial charge in [-0.3, -0.25) is 4.98 Å². The van der Waals surface area contributed by atoms with Gasteiger partial charge in [0.15, 0.2) is 0 Å². The maximum absolute atomic E-state index is 12.3. The Morgan fingerprint density at radius 1 is 1.12 bits per heavy atom. The Kier molecular flexibility index (Phi) is 6.30. The molecule has 2 amide bonds. The highest BCUT2D eigenvalue weighted by atomic mass is 16.5. The highest BCUT2D eigenvalue weighted by molar-refractivity contribution is 5.74. The van der Waals surface area contributed by atoms with Crippen LogP contribution in [0.4, 0.5) is 4.79 Å². The first-order chi connectivity index (χ1) is 12.7. The first-order valence-corrected chi connectivity index (χ1v) is 8.97. The smallest absolute Gasteiger partial charge is 0.317 e. The van der Waals surface area contributed by atoms with E-state index in [2.05, 4.69) is 10.3 Å². The summed E-state index contributed by atoms with van der Waals surface area (Å²) in [6, 6.07) is 11.6. The molecule has 0 spiro atoms. The predicted octanol–water partition coefficient (Wildman–Crippen LogP) is 2.89. The van der Waals surface area contributed by atoms with Crippen molar-refractivity contribution in [3.63, 3.8) is 0 Å². The van der Waals surface area contributed by atoms with E-state index in [1.807, 2.05) is 41.3 Å². The van der Waals surface area contributed by atoms with Crippen LogP contribution in [0.1, 0.15) is 18.4 Å². The van der Waals surface area contributed by atoms with Gasteiger partial charge in [-0.25, -0.2) is 4.79 Å². The molecule has 2 aromatic rings. The van der Waals surface area contributed by atoms with Gasteiger partial charge < -0.3 is 19.7 Å². The summed E-state index contributed by atoms with van der Waals surface area (Å²) in [5, 5.41) is 3.00. The molecular weight excluding hydrogens is 330 g/mol. The third-order valence-corrected chi connectivity index (χ3v) is 4.53. The number of pyridine rings is 1. The monoisotopic (exact) mass is 355 g/mol. The van der Waals surface area contributed by atoms with Crippen molar-refractivity contribution in [3.05, 3.63) is 54.4 Å². The van der Waals surface area contributed by atoms with Crippen molar-refractivity contribution in [2.24, 2.45) is 0 Å². The molecule has 0 bridgehead atoms. The van der Waals surface area contributed by atoms with Gasteiger partial charge in [-0.1, -0.05) is 12.1 Å². The number of carbonyl (C=O) groups is 1. The van der Waals surface area contributed by atoms with Gasteiger partial charge in [0.25, 0.3) is 0 Å². The number of methoxy groups -OCH3 is 1. The topological polar surface area (TPSA) is 63.7 Å². The maximum Gasteiger partial charge on any atom is 0.317 e. The molecule has 1 aromatic carbocycles. The molecule has 1 fully saturated rings. The summed E-state index contributed by atoms with van der Waals surface area (Å²) in [6.07, 6.45) is 6.09. The Hall–Kier alpha value is -2.76. The lowest BCUT2D eigenvalue weighted by molar-refractivity contribution is 0.111. The molecule has 1 N–H and O–H groups in total. The molecule has 0 atom stereocenters. The Bertz CT molecular complexity index is 683. The number of urea groups is 1. The first-order valence-electron chi connectivity index (χ1n) is 8.97. The second-order valence-corrected chi connectivity index (χ2v) is 6.32. The number of likely N-dealkylation sites (tertiary alicyclic amines) is 1. The fourth-order valence-electron chi connectivity index (χ4n) is 3.00. The summed E-state index contributed by atoms with van der Waals surface area (Å²) in [5.41, 5.74) is 1.18. The lowest BCUT2D eigenvalue weighted by Gasteiger charge is -2.32. The van der Waals surface area contributed by atoms with Crippen molar-refractivity contribution in [1.29, 1.82) is 0 Å². The van der Waals surface area contributed by atoms with Crippen LogP contribution in [0.25, 0.3) is 0 Å². The van der Waals surface area contributed by atoms with E-state index in [9.17, 15) is 4.79 Å². The molecule has 138 valence electrons. The van der Waals surface area contributed by atoms with Crippen LogP contribution in [0.5, 0.6) is 11.5 Å². The van der Waals surface area contributed by atoms with Crippen molar-refractivity contribution in [1.82, 2.24) is 15.2 Å². The van der Waals surface area contributed by atoms with Crippen molar-refractivity contribution in [2.75, 3.05) is 26.7 Å². The number of nitrogens with zero attached hydrogens (tertiary/aromatic N) is 2. The zero-order chi connectivity index (χ0) is 18.2. The molecule has 1 saturated heterocycles. The van der Waals surface area contributed by atoms with Crippen LogP contribution in [-0.2, 0) is 6.42 Å². The minimum Gasteiger partial charge on any atom is -0.497 e. The summed E-state index contributed by atoms with van der Waals surface area (Å²) in [6.45, 7) is 2.05. The molecule has 6 nitrogen and oxygen atoms in total. The molecular formula is C20H25N3O3. The minimum atomic E-state index is 0.000808.